The number of hydrogen-bond acceptors (Lipinski definition) is 3. The Bertz CT molecular complexity index is 276. The van der Waals surface area contributed by atoms with Crippen molar-refractivity contribution in [2.45, 2.75) is 64.3 Å². The molecule has 1 saturated heterocycles. The molecular weight excluding hydrogens is 258 g/mol. The highest BCUT2D eigenvalue weighted by atomic mass is 15.2. The normalized spacial score (nSPS) is 24.6. The standard InChI is InChI=1S/C18H37N3/c1-4-12-19-15-18(10-6-5-7-11-18)16-21-13-8-17(9-14-21)20(2)3/h17,19H,4-16H2,1-3H3. The molecule has 0 aromatic rings. The third-order valence-corrected chi connectivity index (χ3v) is 5.69. The summed E-state index contributed by atoms with van der Waals surface area (Å²) in [6.07, 6.45) is 11.2. The second-order valence-electron chi connectivity index (χ2n) is 7.71. The van der Waals surface area contributed by atoms with Crippen LogP contribution in [0.2, 0.25) is 0 Å². The van der Waals surface area contributed by atoms with Crippen molar-refractivity contribution in [2.75, 3.05) is 46.8 Å². The van der Waals surface area contributed by atoms with E-state index in [1.54, 1.807) is 0 Å². The fraction of sp³-hybridized carbons (Fsp3) is 1.00. The molecule has 1 N–H and O–H groups in total. The highest BCUT2D eigenvalue weighted by molar-refractivity contribution is 4.89. The van der Waals surface area contributed by atoms with Crippen molar-refractivity contribution in [1.29, 1.82) is 0 Å². The molecule has 0 radical (unpaired) electrons. The highest BCUT2D eigenvalue weighted by Gasteiger charge is 2.34. The number of nitrogens with one attached hydrogen (secondary N) is 1. The first-order chi connectivity index (χ1) is 10.2. The molecule has 124 valence electrons. The van der Waals surface area contributed by atoms with Crippen LogP contribution in [0.1, 0.15) is 58.3 Å². The van der Waals surface area contributed by atoms with Crippen LogP contribution in [0.5, 0.6) is 0 Å². The minimum absolute atomic E-state index is 0.568. The zero-order chi connectivity index (χ0) is 15.1. The molecule has 1 heterocycles. The molecule has 0 unspecified atom stereocenters. The van der Waals surface area contributed by atoms with Crippen LogP contribution in [-0.2, 0) is 0 Å². The average molecular weight is 296 g/mol. The van der Waals surface area contributed by atoms with Gasteiger partial charge < -0.3 is 15.1 Å². The van der Waals surface area contributed by atoms with Gasteiger partial charge in [0, 0.05) is 19.1 Å². The molecule has 3 heteroatoms. The van der Waals surface area contributed by atoms with Gasteiger partial charge in [-0.15, -0.1) is 0 Å². The molecule has 1 saturated carbocycles. The molecule has 21 heavy (non-hydrogen) atoms. The van der Waals surface area contributed by atoms with E-state index < -0.39 is 0 Å². The summed E-state index contributed by atoms with van der Waals surface area (Å²) in [5.74, 6) is 0. The van der Waals surface area contributed by atoms with E-state index in [2.05, 4.69) is 36.1 Å². The maximum atomic E-state index is 3.73. The van der Waals surface area contributed by atoms with Crippen LogP contribution in [0, 0.1) is 5.41 Å². The topological polar surface area (TPSA) is 18.5 Å². The lowest BCUT2D eigenvalue weighted by Crippen LogP contribution is -2.49. The van der Waals surface area contributed by atoms with Gasteiger partial charge in [0.25, 0.3) is 0 Å². The van der Waals surface area contributed by atoms with E-state index in [-0.39, 0.29) is 0 Å². The molecule has 2 rings (SSSR count). The zero-order valence-corrected chi connectivity index (χ0v) is 14.7. The van der Waals surface area contributed by atoms with Gasteiger partial charge in [0.05, 0.1) is 0 Å². The van der Waals surface area contributed by atoms with E-state index in [1.165, 1.54) is 84.1 Å². The summed E-state index contributed by atoms with van der Waals surface area (Å²) in [6, 6.07) is 0.807. The second kappa shape index (κ2) is 8.50. The predicted octanol–water partition coefficient (Wildman–Crippen LogP) is 2.96. The first-order valence-corrected chi connectivity index (χ1v) is 9.25. The molecule has 2 fully saturated rings. The Morgan fingerprint density at radius 1 is 1.10 bits per heavy atom. The van der Waals surface area contributed by atoms with Crippen LogP contribution < -0.4 is 5.32 Å². The Morgan fingerprint density at radius 3 is 2.33 bits per heavy atom. The zero-order valence-electron chi connectivity index (χ0n) is 14.7. The minimum Gasteiger partial charge on any atom is -0.316 e. The lowest BCUT2D eigenvalue weighted by molar-refractivity contribution is 0.0692. The number of piperidine rings is 1. The maximum absolute atomic E-state index is 3.73. The Morgan fingerprint density at radius 2 is 1.76 bits per heavy atom. The summed E-state index contributed by atoms with van der Waals surface area (Å²) in [5.41, 5.74) is 0.568. The Labute approximate surface area is 132 Å². The maximum Gasteiger partial charge on any atom is 0.0113 e. The van der Waals surface area contributed by atoms with E-state index in [1.807, 2.05) is 0 Å². The van der Waals surface area contributed by atoms with Gasteiger partial charge in [0.2, 0.25) is 0 Å². The van der Waals surface area contributed by atoms with Gasteiger partial charge >= 0.3 is 0 Å². The Kier molecular flexibility index (Phi) is 6.97. The Hall–Kier alpha value is -0.120. The monoisotopic (exact) mass is 295 g/mol. The lowest BCUT2D eigenvalue weighted by atomic mass is 9.73. The van der Waals surface area contributed by atoms with Crippen LogP contribution in [-0.4, -0.2) is 62.7 Å². The summed E-state index contributed by atoms with van der Waals surface area (Å²) < 4.78 is 0. The fourth-order valence-electron chi connectivity index (χ4n) is 4.29. The minimum atomic E-state index is 0.568. The van der Waals surface area contributed by atoms with Crippen molar-refractivity contribution >= 4 is 0 Å². The van der Waals surface area contributed by atoms with Crippen LogP contribution in [0.4, 0.5) is 0 Å². The predicted molar refractivity (Wildman–Crippen MR) is 91.8 cm³/mol. The molecule has 0 amide bonds. The average Bonchev–Trinajstić information content (AvgIpc) is 2.49. The summed E-state index contributed by atoms with van der Waals surface area (Å²) >= 11 is 0. The summed E-state index contributed by atoms with van der Waals surface area (Å²) in [7, 11) is 4.47. The van der Waals surface area contributed by atoms with E-state index >= 15 is 0 Å². The second-order valence-corrected chi connectivity index (χ2v) is 7.71. The first kappa shape index (κ1) is 17.2. The summed E-state index contributed by atoms with van der Waals surface area (Å²) in [5, 5.41) is 3.73. The van der Waals surface area contributed by atoms with Crippen molar-refractivity contribution in [3.63, 3.8) is 0 Å². The van der Waals surface area contributed by atoms with Crippen molar-refractivity contribution in [3.05, 3.63) is 0 Å². The van der Waals surface area contributed by atoms with Crippen LogP contribution in [0.15, 0.2) is 0 Å². The number of rotatable bonds is 7. The third-order valence-electron chi connectivity index (χ3n) is 5.69. The molecule has 0 aromatic heterocycles. The molecular formula is C18H37N3. The van der Waals surface area contributed by atoms with E-state index in [4.69, 9.17) is 0 Å². The number of nitrogens with zero attached hydrogens (tertiary/aromatic N) is 2. The van der Waals surface area contributed by atoms with E-state index in [9.17, 15) is 0 Å². The van der Waals surface area contributed by atoms with Crippen molar-refractivity contribution < 1.29 is 0 Å². The van der Waals surface area contributed by atoms with Crippen LogP contribution in [0.3, 0.4) is 0 Å². The fourth-order valence-corrected chi connectivity index (χ4v) is 4.29. The summed E-state index contributed by atoms with van der Waals surface area (Å²) in [4.78, 5) is 5.18. The van der Waals surface area contributed by atoms with Gasteiger partial charge in [-0.2, -0.15) is 0 Å². The van der Waals surface area contributed by atoms with Gasteiger partial charge in [-0.05, 0) is 71.2 Å². The molecule has 0 spiro atoms. The van der Waals surface area contributed by atoms with Gasteiger partial charge in [0.15, 0.2) is 0 Å². The number of likely N-dealkylation sites (tertiary alicyclic amines) is 1. The molecule has 0 atom stereocenters. The van der Waals surface area contributed by atoms with Gasteiger partial charge in [-0.1, -0.05) is 26.2 Å². The van der Waals surface area contributed by atoms with Crippen molar-refractivity contribution in [2.24, 2.45) is 5.41 Å². The van der Waals surface area contributed by atoms with Crippen molar-refractivity contribution in [1.82, 2.24) is 15.1 Å². The molecule has 1 aliphatic carbocycles. The lowest BCUT2D eigenvalue weighted by Gasteiger charge is -2.44. The summed E-state index contributed by atoms with van der Waals surface area (Å²) in [6.45, 7) is 8.64. The molecule has 2 aliphatic rings. The van der Waals surface area contributed by atoms with Crippen LogP contribution >= 0.6 is 0 Å². The third kappa shape index (κ3) is 5.22. The van der Waals surface area contributed by atoms with Gasteiger partial charge in [-0.25, -0.2) is 0 Å². The molecule has 3 nitrogen and oxygen atoms in total. The molecule has 0 aromatic carbocycles. The molecule has 0 bridgehead atoms. The van der Waals surface area contributed by atoms with E-state index in [0.29, 0.717) is 5.41 Å². The SMILES string of the molecule is CCCNCC1(CN2CCC(N(C)C)CC2)CCCCC1. The largest absolute Gasteiger partial charge is 0.316 e. The van der Waals surface area contributed by atoms with Gasteiger partial charge in [-0.3, -0.25) is 0 Å². The quantitative estimate of drug-likeness (QED) is 0.729. The van der Waals surface area contributed by atoms with E-state index in [0.717, 1.165) is 6.04 Å². The van der Waals surface area contributed by atoms with Gasteiger partial charge in [0.1, 0.15) is 0 Å². The van der Waals surface area contributed by atoms with Crippen molar-refractivity contribution in [3.8, 4) is 0 Å². The highest BCUT2D eigenvalue weighted by Crippen LogP contribution is 2.37. The molecule has 1 aliphatic heterocycles. The smallest absolute Gasteiger partial charge is 0.0113 e. The Balaban J connectivity index is 1.84. The van der Waals surface area contributed by atoms with Crippen LogP contribution in [0.25, 0.3) is 0 Å². The first-order valence-electron chi connectivity index (χ1n) is 9.25. The number of hydrogen-bond donors (Lipinski definition) is 1.